The van der Waals surface area contributed by atoms with Crippen molar-refractivity contribution in [2.45, 2.75) is 118 Å². The number of benzene rings is 1. The molecule has 3 aromatic heterocycles. The molecule has 0 N–H and O–H groups in total. The number of para-hydroxylation sites is 1. The molecule has 0 radical (unpaired) electrons. The Kier molecular flexibility index (Phi) is 18.5. The number of fused-ring (bicyclic) bond motifs is 4. The number of pyridine rings is 1. The third-order valence-corrected chi connectivity index (χ3v) is 14.0. The van der Waals surface area contributed by atoms with E-state index in [0.29, 0.717) is 97.7 Å². The molecule has 1 unspecified atom stereocenters. The van der Waals surface area contributed by atoms with Crippen LogP contribution in [0.15, 0.2) is 72.2 Å². The van der Waals surface area contributed by atoms with Gasteiger partial charge in [-0.15, -0.1) is 10.2 Å². The Balaban J connectivity index is 0.832. The molecule has 380 valence electrons. The number of ether oxygens (including phenoxy) is 8. The summed E-state index contributed by atoms with van der Waals surface area (Å²) in [7, 11) is 3.35. The SMILES string of the molecule is C=C1C2=C(C=C3c4nc5ccccc5cc4CN13)[C@](CC)(OC(=O)CCCCCn1cc(COCC(CC)(CC)COCC(CC)(COC)COCc3cn(CCOCCOC)nn3)nn1)C(=O)OC2. The van der Waals surface area contributed by atoms with Crippen molar-refractivity contribution >= 4 is 28.5 Å². The molecule has 0 saturated carbocycles. The number of carbonyl (C=O) groups excluding carboxylic acids is 2. The van der Waals surface area contributed by atoms with Gasteiger partial charge in [-0.1, -0.05) is 69.3 Å². The number of hydrogen-bond donors (Lipinski definition) is 0. The second-order valence-corrected chi connectivity index (χ2v) is 18.7. The van der Waals surface area contributed by atoms with Gasteiger partial charge in [0.2, 0.25) is 5.60 Å². The number of nitrogens with zero attached hydrogens (tertiary/aromatic N) is 8. The van der Waals surface area contributed by atoms with Crippen LogP contribution in [-0.4, -0.2) is 131 Å². The zero-order valence-electron chi connectivity index (χ0n) is 42.0. The van der Waals surface area contributed by atoms with E-state index < -0.39 is 17.5 Å². The van der Waals surface area contributed by atoms with Gasteiger partial charge in [0.1, 0.15) is 18.0 Å². The van der Waals surface area contributed by atoms with Gasteiger partial charge in [0.15, 0.2) is 0 Å². The van der Waals surface area contributed by atoms with Crippen molar-refractivity contribution in [3.63, 3.8) is 0 Å². The zero-order valence-corrected chi connectivity index (χ0v) is 42.0. The van der Waals surface area contributed by atoms with Crippen LogP contribution in [0.25, 0.3) is 16.6 Å². The number of methoxy groups -OCH3 is 2. The molecule has 0 bridgehead atoms. The van der Waals surface area contributed by atoms with E-state index in [0.717, 1.165) is 82.6 Å². The molecule has 7 rings (SSSR count). The summed E-state index contributed by atoms with van der Waals surface area (Å²) in [5, 5.41) is 18.2. The van der Waals surface area contributed by atoms with E-state index in [2.05, 4.69) is 65.0 Å². The number of cyclic esters (lactones) is 1. The Hall–Kier alpha value is -5.37. The molecule has 0 aliphatic carbocycles. The maximum absolute atomic E-state index is 13.6. The van der Waals surface area contributed by atoms with Gasteiger partial charge in [-0.05, 0) is 56.7 Å². The van der Waals surface area contributed by atoms with Crippen LogP contribution < -0.4 is 0 Å². The standard InChI is InChI=1S/C52H72N8O10/c1-8-50(9-2,35-68-37-51(10-3,33-64-7)36-67-31-42-29-59(57-55-42)21-22-65-24-23-63-6)34-66-30-41-28-58(56-54-41)20-16-12-13-19-47(61)70-52(11-4)44-26-46-48-40(25-39-17-14-15-18-45(39)53-48)27-60(46)38(5)43(44)32-69-49(52)62/h14-15,17-18,25-26,28-29H,5,8-13,16,19-24,27,30-37H2,1-4,6-7H3/t51?,52-/m0/s1. The summed E-state index contributed by atoms with van der Waals surface area (Å²) in [6.07, 6.45) is 10.8. The van der Waals surface area contributed by atoms with Crippen molar-refractivity contribution in [2.24, 2.45) is 10.8 Å². The van der Waals surface area contributed by atoms with Crippen molar-refractivity contribution in [1.29, 1.82) is 0 Å². The van der Waals surface area contributed by atoms with Gasteiger partial charge in [0.05, 0.1) is 108 Å². The highest BCUT2D eigenvalue weighted by Gasteiger charge is 2.52. The number of aromatic nitrogens is 7. The molecule has 4 aromatic rings. The first kappa shape index (κ1) is 52.5. The fourth-order valence-corrected chi connectivity index (χ4v) is 9.27. The summed E-state index contributed by atoms with van der Waals surface area (Å²) < 4.78 is 50.5. The topological polar surface area (TPSA) is 186 Å². The second-order valence-electron chi connectivity index (χ2n) is 18.7. The average molecular weight is 969 g/mol. The van der Waals surface area contributed by atoms with Gasteiger partial charge in [-0.2, -0.15) is 0 Å². The molecule has 0 saturated heterocycles. The maximum atomic E-state index is 13.6. The highest BCUT2D eigenvalue weighted by molar-refractivity contribution is 5.93. The molecule has 18 heteroatoms. The molecule has 0 fully saturated rings. The molecule has 18 nitrogen and oxygen atoms in total. The number of hydrogen-bond acceptors (Lipinski definition) is 16. The van der Waals surface area contributed by atoms with Gasteiger partial charge >= 0.3 is 11.9 Å². The van der Waals surface area contributed by atoms with Crippen LogP contribution in [-0.2, 0) is 80.3 Å². The second kappa shape index (κ2) is 24.6. The van der Waals surface area contributed by atoms with Crippen molar-refractivity contribution in [2.75, 3.05) is 73.7 Å². The summed E-state index contributed by atoms with van der Waals surface area (Å²) in [5.74, 6) is -1.01. The molecule has 0 amide bonds. The molecular formula is C52H72N8O10. The molecule has 2 atom stereocenters. The molecule has 1 aromatic carbocycles. The molecule has 6 heterocycles. The third-order valence-electron chi connectivity index (χ3n) is 14.0. The van der Waals surface area contributed by atoms with E-state index in [1.54, 1.807) is 18.9 Å². The van der Waals surface area contributed by atoms with Crippen LogP contribution in [0.3, 0.4) is 0 Å². The predicted octanol–water partition coefficient (Wildman–Crippen LogP) is 7.17. The maximum Gasteiger partial charge on any atom is 0.355 e. The summed E-state index contributed by atoms with van der Waals surface area (Å²) in [4.78, 5) is 34.1. The summed E-state index contributed by atoms with van der Waals surface area (Å²) in [6.45, 7) is 19.4. The predicted molar refractivity (Wildman–Crippen MR) is 260 cm³/mol. The fraction of sp³-hybridized carbons (Fsp3) is 0.596. The monoisotopic (exact) mass is 969 g/mol. The summed E-state index contributed by atoms with van der Waals surface area (Å²) >= 11 is 0. The van der Waals surface area contributed by atoms with Crippen molar-refractivity contribution in [1.82, 2.24) is 39.9 Å². The van der Waals surface area contributed by atoms with Crippen molar-refractivity contribution in [3.05, 3.63) is 94.9 Å². The van der Waals surface area contributed by atoms with Gasteiger partial charge in [0, 0.05) is 65.8 Å². The first-order valence-electron chi connectivity index (χ1n) is 24.8. The Bertz CT molecular complexity index is 2460. The van der Waals surface area contributed by atoms with E-state index in [1.165, 1.54) is 0 Å². The lowest BCUT2D eigenvalue weighted by Gasteiger charge is -2.41. The number of unbranched alkanes of at least 4 members (excludes halogenated alkanes) is 2. The van der Waals surface area contributed by atoms with Gasteiger partial charge in [-0.25, -0.2) is 14.5 Å². The van der Waals surface area contributed by atoms with E-state index in [9.17, 15) is 9.59 Å². The van der Waals surface area contributed by atoms with Gasteiger partial charge < -0.3 is 42.8 Å². The number of aryl methyl sites for hydroxylation is 1. The van der Waals surface area contributed by atoms with Crippen molar-refractivity contribution < 1.29 is 47.5 Å². The molecule has 3 aliphatic heterocycles. The fourth-order valence-electron chi connectivity index (χ4n) is 9.27. The summed E-state index contributed by atoms with van der Waals surface area (Å²) in [6, 6.07) is 10.2. The number of esters is 2. The minimum absolute atomic E-state index is 0.0671. The van der Waals surface area contributed by atoms with E-state index >= 15 is 0 Å². The first-order chi connectivity index (χ1) is 34.0. The normalized spacial score (nSPS) is 17.6. The lowest BCUT2D eigenvalue weighted by molar-refractivity contribution is -0.179. The van der Waals surface area contributed by atoms with Crippen LogP contribution in [0.5, 0.6) is 0 Å². The number of carbonyl (C=O) groups is 2. The molecule has 0 spiro atoms. The van der Waals surface area contributed by atoms with Crippen LogP contribution in [0, 0.1) is 10.8 Å². The minimum atomic E-state index is -1.57. The van der Waals surface area contributed by atoms with Crippen LogP contribution in [0.2, 0.25) is 0 Å². The lowest BCUT2D eigenvalue weighted by Crippen LogP contribution is -2.50. The molecule has 3 aliphatic rings. The van der Waals surface area contributed by atoms with Gasteiger partial charge in [-0.3, -0.25) is 9.48 Å². The van der Waals surface area contributed by atoms with E-state index in [4.69, 9.17) is 42.9 Å². The zero-order chi connectivity index (χ0) is 49.6. The lowest BCUT2D eigenvalue weighted by atomic mass is 9.81. The van der Waals surface area contributed by atoms with Crippen LogP contribution in [0.4, 0.5) is 0 Å². The average Bonchev–Trinajstić information content (AvgIpc) is 4.12. The van der Waals surface area contributed by atoms with Crippen molar-refractivity contribution in [3.8, 4) is 0 Å². The molecular weight excluding hydrogens is 897 g/mol. The number of rotatable bonds is 31. The highest BCUT2D eigenvalue weighted by atomic mass is 16.6. The Morgan fingerprint density at radius 2 is 1.49 bits per heavy atom. The largest absolute Gasteiger partial charge is 0.457 e. The first-order valence-corrected chi connectivity index (χ1v) is 24.8. The molecule has 70 heavy (non-hydrogen) atoms. The smallest absolute Gasteiger partial charge is 0.355 e. The quantitative estimate of drug-likeness (QED) is 0.0365. The Labute approximate surface area is 411 Å². The Morgan fingerprint density at radius 1 is 0.800 bits per heavy atom. The van der Waals surface area contributed by atoms with E-state index in [1.807, 2.05) is 48.3 Å². The van der Waals surface area contributed by atoms with Gasteiger partial charge in [0.25, 0.3) is 0 Å². The Morgan fingerprint density at radius 3 is 2.19 bits per heavy atom. The van der Waals surface area contributed by atoms with Crippen LogP contribution >= 0.6 is 0 Å². The summed E-state index contributed by atoms with van der Waals surface area (Å²) in [5.41, 5.74) is 5.18. The van der Waals surface area contributed by atoms with Crippen LogP contribution in [0.1, 0.15) is 102 Å². The van der Waals surface area contributed by atoms with E-state index in [-0.39, 0.29) is 30.3 Å². The minimum Gasteiger partial charge on any atom is -0.457 e. The third kappa shape index (κ3) is 12.4. The highest BCUT2D eigenvalue weighted by Crippen LogP contribution is 2.47.